The van der Waals surface area contributed by atoms with E-state index in [1.807, 2.05) is 0 Å². The summed E-state index contributed by atoms with van der Waals surface area (Å²) in [5, 5.41) is 4.65. The summed E-state index contributed by atoms with van der Waals surface area (Å²) in [4.78, 5) is 0. The van der Waals surface area contributed by atoms with E-state index in [0.29, 0.717) is 0 Å². The second-order valence-corrected chi connectivity index (χ2v) is 4.86. The van der Waals surface area contributed by atoms with E-state index >= 15 is 0 Å². The highest BCUT2D eigenvalue weighted by atomic mass is 31.1. The van der Waals surface area contributed by atoms with Gasteiger partial charge in [-0.05, 0) is 48.9 Å². The molecule has 0 nitrogen and oxygen atoms in total. The van der Waals surface area contributed by atoms with Gasteiger partial charge < -0.3 is 0 Å². The van der Waals surface area contributed by atoms with E-state index in [-0.39, 0.29) is 0 Å². The van der Waals surface area contributed by atoms with E-state index in [9.17, 15) is 0 Å². The summed E-state index contributed by atoms with van der Waals surface area (Å²) >= 11 is 0. The summed E-state index contributed by atoms with van der Waals surface area (Å²) in [7, 11) is 1.46. The molecule has 1 heteroatoms. The molecule has 13 heavy (non-hydrogen) atoms. The molecule has 3 rings (SSSR count). The fourth-order valence-corrected chi connectivity index (χ4v) is 3.37. The van der Waals surface area contributed by atoms with Crippen LogP contribution < -0.4 is 10.4 Å². The van der Waals surface area contributed by atoms with Crippen LogP contribution in [0.5, 0.6) is 0 Å². The second kappa shape index (κ2) is 2.96. The molecule has 0 N–H and O–H groups in total. The van der Waals surface area contributed by atoms with Gasteiger partial charge in [-0.3, -0.25) is 0 Å². The Morgan fingerprint density at radius 1 is 1.15 bits per heavy atom. The zero-order valence-corrected chi connectivity index (χ0v) is 8.43. The first kappa shape index (κ1) is 7.76. The summed E-state index contributed by atoms with van der Waals surface area (Å²) in [5.41, 5.74) is 0. The van der Waals surface area contributed by atoms with E-state index in [2.05, 4.69) is 30.1 Å². The van der Waals surface area contributed by atoms with Crippen molar-refractivity contribution in [1.82, 2.24) is 0 Å². The lowest BCUT2D eigenvalue weighted by molar-refractivity contribution is 0.405. The molecule has 0 amide bonds. The van der Waals surface area contributed by atoms with Crippen LogP contribution >= 0.6 is 8.58 Å². The third kappa shape index (κ3) is 1.16. The molecule has 1 heterocycles. The van der Waals surface area contributed by atoms with Crippen LogP contribution in [0.1, 0.15) is 19.3 Å². The van der Waals surface area contributed by atoms with Crippen molar-refractivity contribution in [2.75, 3.05) is 0 Å². The number of fused-ring (bicyclic) bond motifs is 1. The summed E-state index contributed by atoms with van der Waals surface area (Å²) in [6, 6.07) is 8.80. The lowest BCUT2D eigenvalue weighted by Crippen LogP contribution is -2.25. The minimum atomic E-state index is 0.904. The molecule has 65 valence electrons. The third-order valence-corrected chi connectivity index (χ3v) is 4.36. The average molecular weight is 187 g/mol. The Labute approximate surface area is 80.1 Å². The number of hydrogen-bond acceptors (Lipinski definition) is 0. The third-order valence-electron chi connectivity index (χ3n) is 3.07. The molecule has 0 spiro atoms. The lowest BCUT2D eigenvalue weighted by Gasteiger charge is -2.26. The van der Waals surface area contributed by atoms with Gasteiger partial charge in [0.1, 0.15) is 0 Å². The van der Waals surface area contributed by atoms with Crippen LogP contribution in [-0.4, -0.2) is 0 Å². The number of rotatable bonds is 1. The van der Waals surface area contributed by atoms with Crippen molar-refractivity contribution in [3.63, 3.8) is 0 Å². The number of hydrogen-bond donors (Lipinski definition) is 0. The van der Waals surface area contributed by atoms with Crippen LogP contribution in [-0.2, 0) is 0 Å². The fourth-order valence-electron chi connectivity index (χ4n) is 2.06. The molecule has 1 aromatic rings. The van der Waals surface area contributed by atoms with Gasteiger partial charge in [0, 0.05) is 0 Å². The average Bonchev–Trinajstić information content (AvgIpc) is 2.47. The summed E-state index contributed by atoms with van der Waals surface area (Å²) in [5.74, 6) is 3.25. The summed E-state index contributed by atoms with van der Waals surface area (Å²) < 4.78 is 0. The SMILES string of the molecule is C1=c2ccccc2=C(C2CCC2)[P]1. The van der Waals surface area contributed by atoms with Gasteiger partial charge >= 0.3 is 0 Å². The minimum absolute atomic E-state index is 0.904. The summed E-state index contributed by atoms with van der Waals surface area (Å²) in [6.07, 6.45) is 4.28. The summed E-state index contributed by atoms with van der Waals surface area (Å²) in [6.45, 7) is 0. The van der Waals surface area contributed by atoms with Gasteiger partial charge in [-0.15, -0.1) is 0 Å². The maximum atomic E-state index is 2.35. The van der Waals surface area contributed by atoms with Crippen LogP contribution in [0.2, 0.25) is 0 Å². The molecule has 1 aliphatic carbocycles. The quantitative estimate of drug-likeness (QED) is 0.592. The lowest BCUT2D eigenvalue weighted by atomic mass is 9.84. The van der Waals surface area contributed by atoms with Crippen molar-refractivity contribution in [3.8, 4) is 0 Å². The van der Waals surface area contributed by atoms with Crippen molar-refractivity contribution in [3.05, 3.63) is 34.7 Å². The minimum Gasteiger partial charge on any atom is -0.0616 e. The van der Waals surface area contributed by atoms with Gasteiger partial charge in [0.05, 0.1) is 0 Å². The maximum absolute atomic E-state index is 2.35. The van der Waals surface area contributed by atoms with E-state index in [1.54, 1.807) is 5.31 Å². The standard InChI is InChI=1S/C12H12P/c1-2-7-11-10(4-1)8-13-12(11)9-5-3-6-9/h1-2,4,7-9H,3,5-6H2. The first-order chi connectivity index (χ1) is 6.45. The predicted molar refractivity (Wildman–Crippen MR) is 57.8 cm³/mol. The second-order valence-electron chi connectivity index (χ2n) is 3.86. The molecule has 0 bridgehead atoms. The van der Waals surface area contributed by atoms with E-state index in [4.69, 9.17) is 0 Å². The first-order valence-electron chi connectivity index (χ1n) is 4.95. The van der Waals surface area contributed by atoms with Crippen molar-refractivity contribution >= 4 is 19.7 Å². The largest absolute Gasteiger partial charge is 0.0616 e. The molecule has 0 atom stereocenters. The van der Waals surface area contributed by atoms with Crippen molar-refractivity contribution in [2.24, 2.45) is 5.92 Å². The van der Waals surface area contributed by atoms with Gasteiger partial charge in [-0.1, -0.05) is 30.7 Å². The fraction of sp³-hybridized carbons (Fsp3) is 0.333. The van der Waals surface area contributed by atoms with Gasteiger partial charge in [0.15, 0.2) is 0 Å². The Hall–Kier alpha value is -0.610. The number of benzene rings is 1. The monoisotopic (exact) mass is 187 g/mol. The molecular formula is C12H12P. The molecular weight excluding hydrogens is 175 g/mol. The smallest absolute Gasteiger partial charge is 0.0137 e. The Balaban J connectivity index is 2.20. The Kier molecular flexibility index (Phi) is 1.77. The molecule has 1 radical (unpaired) electrons. The molecule has 0 unspecified atom stereocenters. The van der Waals surface area contributed by atoms with Gasteiger partial charge in [0.25, 0.3) is 0 Å². The molecule has 1 fully saturated rings. The van der Waals surface area contributed by atoms with Gasteiger partial charge in [-0.2, -0.15) is 0 Å². The van der Waals surface area contributed by atoms with Crippen LogP contribution in [0.15, 0.2) is 24.3 Å². The topological polar surface area (TPSA) is 0 Å². The Bertz CT molecular complexity index is 440. The van der Waals surface area contributed by atoms with Crippen molar-refractivity contribution in [1.29, 1.82) is 0 Å². The van der Waals surface area contributed by atoms with E-state index in [0.717, 1.165) is 5.92 Å². The first-order valence-corrected chi connectivity index (χ1v) is 5.92. The highest BCUT2D eigenvalue weighted by Gasteiger charge is 2.23. The van der Waals surface area contributed by atoms with Gasteiger partial charge in [-0.25, -0.2) is 0 Å². The Morgan fingerprint density at radius 2 is 2.00 bits per heavy atom. The van der Waals surface area contributed by atoms with Crippen molar-refractivity contribution < 1.29 is 0 Å². The van der Waals surface area contributed by atoms with E-state index < -0.39 is 0 Å². The zero-order chi connectivity index (χ0) is 8.67. The molecule has 2 aliphatic rings. The van der Waals surface area contributed by atoms with Crippen LogP contribution in [0.4, 0.5) is 0 Å². The molecule has 1 saturated carbocycles. The molecule has 1 aromatic carbocycles. The zero-order valence-electron chi connectivity index (χ0n) is 7.53. The predicted octanol–water partition coefficient (Wildman–Crippen LogP) is 2.29. The normalized spacial score (nSPS) is 22.6. The van der Waals surface area contributed by atoms with E-state index in [1.165, 1.54) is 38.3 Å². The molecule has 0 aromatic heterocycles. The molecule has 0 saturated heterocycles. The maximum Gasteiger partial charge on any atom is -0.0137 e. The highest BCUT2D eigenvalue weighted by molar-refractivity contribution is 7.58. The van der Waals surface area contributed by atoms with Crippen LogP contribution in [0.25, 0.3) is 11.1 Å². The van der Waals surface area contributed by atoms with Crippen LogP contribution in [0, 0.1) is 5.92 Å². The van der Waals surface area contributed by atoms with Crippen molar-refractivity contribution in [2.45, 2.75) is 19.3 Å². The molecule has 1 aliphatic heterocycles. The highest BCUT2D eigenvalue weighted by Crippen LogP contribution is 2.44. The Morgan fingerprint density at radius 3 is 2.77 bits per heavy atom. The van der Waals surface area contributed by atoms with Gasteiger partial charge in [0.2, 0.25) is 0 Å². The van der Waals surface area contributed by atoms with Crippen LogP contribution in [0.3, 0.4) is 0 Å².